The van der Waals surface area contributed by atoms with Crippen molar-refractivity contribution in [1.82, 2.24) is 14.8 Å². The molecular weight excluding hydrogens is 326 g/mol. The predicted molar refractivity (Wildman–Crippen MR) is 106 cm³/mol. The van der Waals surface area contributed by atoms with Crippen LogP contribution in [0.15, 0.2) is 18.2 Å². The van der Waals surface area contributed by atoms with Crippen LogP contribution in [0.5, 0.6) is 0 Å². The van der Waals surface area contributed by atoms with Gasteiger partial charge in [-0.1, -0.05) is 6.07 Å². The van der Waals surface area contributed by atoms with Crippen molar-refractivity contribution >= 4 is 0 Å². The molecule has 1 aromatic heterocycles. The maximum absolute atomic E-state index is 11.1. The highest BCUT2D eigenvalue weighted by molar-refractivity contribution is 5.20. The van der Waals surface area contributed by atoms with Crippen molar-refractivity contribution in [2.24, 2.45) is 0 Å². The molecule has 26 heavy (non-hydrogen) atoms. The molecule has 0 aliphatic rings. The average molecular weight is 362 g/mol. The summed E-state index contributed by atoms with van der Waals surface area (Å²) in [6.07, 6.45) is 2.70. The van der Waals surface area contributed by atoms with E-state index in [4.69, 9.17) is 0 Å². The van der Waals surface area contributed by atoms with Crippen LogP contribution in [0.25, 0.3) is 0 Å². The molecule has 0 aliphatic heterocycles. The fourth-order valence-electron chi connectivity index (χ4n) is 3.14. The molecule has 0 spiro atoms. The van der Waals surface area contributed by atoms with Gasteiger partial charge in [-0.05, 0) is 26.0 Å². The van der Waals surface area contributed by atoms with Gasteiger partial charge >= 0.3 is 0 Å². The highest BCUT2D eigenvalue weighted by Gasteiger charge is 2.36. The molecular formula is C21H35N3O2+4. The van der Waals surface area contributed by atoms with Crippen LogP contribution in [0.2, 0.25) is 0 Å². The lowest BCUT2D eigenvalue weighted by atomic mass is 10.0. The second kappa shape index (κ2) is 9.97. The van der Waals surface area contributed by atoms with E-state index < -0.39 is 11.4 Å². The molecule has 2 unspecified atom stereocenters. The zero-order valence-electron chi connectivity index (χ0n) is 16.5. The summed E-state index contributed by atoms with van der Waals surface area (Å²) in [4.78, 5) is 8.45. The van der Waals surface area contributed by atoms with Gasteiger partial charge in [0.05, 0.1) is 64.8 Å². The highest BCUT2D eigenvalue weighted by atomic mass is 16.3. The molecule has 5 heteroatoms. The topological polar surface area (TPSA) is 59.8 Å². The molecule has 5 nitrogen and oxygen atoms in total. The van der Waals surface area contributed by atoms with Crippen molar-refractivity contribution < 1.29 is 10.2 Å². The Labute approximate surface area is 160 Å². The number of rotatable bonds is 12. The molecule has 0 bridgehead atoms. The number of aromatic nitrogens is 1. The van der Waals surface area contributed by atoms with Crippen LogP contribution in [0.1, 0.15) is 50.9 Å². The lowest BCUT2D eigenvalue weighted by molar-refractivity contribution is -0.111. The van der Waals surface area contributed by atoms with Gasteiger partial charge in [0.2, 0.25) is 0 Å². The average Bonchev–Trinajstić information content (AvgIpc) is 2.61. The zero-order valence-corrected chi connectivity index (χ0v) is 16.5. The van der Waals surface area contributed by atoms with E-state index in [1.54, 1.807) is 26.0 Å². The van der Waals surface area contributed by atoms with Crippen LogP contribution >= 0.6 is 0 Å². The molecule has 2 N–H and O–H groups in total. The minimum absolute atomic E-state index is 0.501. The molecule has 0 fully saturated rings. The molecule has 0 aliphatic carbocycles. The Balaban J connectivity index is 3.22. The summed E-state index contributed by atoms with van der Waals surface area (Å²) in [7, 11) is 0. The number of hydrogen-bond acceptors (Lipinski definition) is 5. The Bertz CT molecular complexity index is 476. The van der Waals surface area contributed by atoms with Crippen LogP contribution in [0.3, 0.4) is 0 Å². The summed E-state index contributed by atoms with van der Waals surface area (Å²) in [5.74, 6) is 0. The standard InChI is InChI=1S/C21H35N3O2/c1-7-14-23(15-8-2)20(5,25)18-12-11-13-19(22-18)21(6,26)24(16-9-3)17-10-4/h11-13,25-26H,1-4,7-10,14-17H2,5-6H3/q+4. The van der Waals surface area contributed by atoms with Crippen molar-refractivity contribution in [3.05, 3.63) is 57.3 Å². The fourth-order valence-corrected chi connectivity index (χ4v) is 3.14. The van der Waals surface area contributed by atoms with E-state index in [0.29, 0.717) is 63.3 Å². The van der Waals surface area contributed by atoms with Crippen molar-refractivity contribution in [1.29, 1.82) is 0 Å². The first-order valence-electron chi connectivity index (χ1n) is 9.35. The van der Waals surface area contributed by atoms with Crippen molar-refractivity contribution in [2.45, 2.75) is 51.0 Å². The van der Waals surface area contributed by atoms with E-state index in [1.165, 1.54) is 0 Å². The van der Waals surface area contributed by atoms with E-state index in [9.17, 15) is 10.2 Å². The summed E-state index contributed by atoms with van der Waals surface area (Å²) >= 11 is 0. The molecule has 0 radical (unpaired) electrons. The quantitative estimate of drug-likeness (QED) is 0.443. The normalized spacial score (nSPS) is 16.5. The van der Waals surface area contributed by atoms with Gasteiger partial charge < -0.3 is 10.2 Å². The summed E-state index contributed by atoms with van der Waals surface area (Å²) in [5.41, 5.74) is -1.52. The van der Waals surface area contributed by atoms with Gasteiger partial charge in [0, 0.05) is 26.2 Å². The largest absolute Gasteiger partial charge is 0.370 e. The molecule has 1 heterocycles. The number of aliphatic hydroxyl groups is 2. The molecule has 0 amide bonds. The molecule has 0 saturated carbocycles. The Morgan fingerprint density at radius 1 is 0.769 bits per heavy atom. The number of pyridine rings is 1. The SMILES string of the molecule is [CH2+]CCN(CC[CH2+])C(C)(O)c1cccc(C(C)(O)N(CC[CH2+])CC[CH2+])n1. The van der Waals surface area contributed by atoms with Crippen molar-refractivity contribution in [3.8, 4) is 0 Å². The first-order valence-corrected chi connectivity index (χ1v) is 9.35. The Hall–Kier alpha value is -1.53. The van der Waals surface area contributed by atoms with Gasteiger partial charge in [-0.15, -0.1) is 0 Å². The van der Waals surface area contributed by atoms with Crippen LogP contribution < -0.4 is 0 Å². The minimum Gasteiger partial charge on any atom is -0.370 e. The number of hydrogen-bond donors (Lipinski definition) is 2. The van der Waals surface area contributed by atoms with E-state index in [0.717, 1.165) is 0 Å². The third kappa shape index (κ3) is 5.24. The smallest absolute Gasteiger partial charge is 0.159 e. The Kier molecular flexibility index (Phi) is 8.63. The Morgan fingerprint density at radius 2 is 1.08 bits per heavy atom. The third-order valence-electron chi connectivity index (χ3n) is 4.66. The minimum atomic E-state index is -1.26. The molecule has 142 valence electrons. The monoisotopic (exact) mass is 361 g/mol. The first-order chi connectivity index (χ1) is 12.2. The lowest BCUT2D eigenvalue weighted by Gasteiger charge is -2.37. The molecule has 0 aromatic carbocycles. The summed E-state index contributed by atoms with van der Waals surface area (Å²) in [5, 5.41) is 22.3. The molecule has 0 saturated heterocycles. The second-order valence-electron chi connectivity index (χ2n) is 6.84. The van der Waals surface area contributed by atoms with E-state index in [2.05, 4.69) is 32.7 Å². The predicted octanol–water partition coefficient (Wildman–Crippen LogP) is 2.91. The summed E-state index contributed by atoms with van der Waals surface area (Å²) in [6.45, 7) is 21.5. The third-order valence-corrected chi connectivity index (χ3v) is 4.66. The van der Waals surface area contributed by atoms with Crippen molar-refractivity contribution in [3.63, 3.8) is 0 Å². The van der Waals surface area contributed by atoms with Crippen LogP contribution in [-0.2, 0) is 11.4 Å². The fraction of sp³-hybridized carbons (Fsp3) is 0.571. The van der Waals surface area contributed by atoms with E-state index in [1.807, 2.05) is 15.9 Å². The maximum atomic E-state index is 11.1. The van der Waals surface area contributed by atoms with Crippen molar-refractivity contribution in [2.75, 3.05) is 26.2 Å². The van der Waals surface area contributed by atoms with Gasteiger partial charge in [-0.3, -0.25) is 9.80 Å². The van der Waals surface area contributed by atoms with Gasteiger partial charge in [0.25, 0.3) is 0 Å². The lowest BCUT2D eigenvalue weighted by Crippen LogP contribution is -2.47. The van der Waals surface area contributed by atoms with E-state index in [-0.39, 0.29) is 0 Å². The van der Waals surface area contributed by atoms with Gasteiger partial charge in [0.15, 0.2) is 11.4 Å². The zero-order chi connectivity index (χ0) is 19.8. The van der Waals surface area contributed by atoms with Gasteiger partial charge in [-0.2, -0.15) is 0 Å². The highest BCUT2D eigenvalue weighted by Crippen LogP contribution is 2.29. The molecule has 1 aromatic rings. The number of nitrogens with zero attached hydrogens (tertiary/aromatic N) is 3. The van der Waals surface area contributed by atoms with Crippen LogP contribution in [0, 0.1) is 27.7 Å². The summed E-state index contributed by atoms with van der Waals surface area (Å²) in [6, 6.07) is 5.39. The van der Waals surface area contributed by atoms with Crippen LogP contribution in [-0.4, -0.2) is 51.2 Å². The van der Waals surface area contributed by atoms with E-state index >= 15 is 0 Å². The second-order valence-corrected chi connectivity index (χ2v) is 6.84. The molecule has 2 atom stereocenters. The van der Waals surface area contributed by atoms with Gasteiger partial charge in [0.1, 0.15) is 0 Å². The van der Waals surface area contributed by atoms with Gasteiger partial charge in [-0.25, -0.2) is 4.98 Å². The first kappa shape index (κ1) is 22.5. The maximum Gasteiger partial charge on any atom is 0.159 e. The van der Waals surface area contributed by atoms with Crippen LogP contribution in [0.4, 0.5) is 0 Å². The Morgan fingerprint density at radius 3 is 1.35 bits per heavy atom. The summed E-state index contributed by atoms with van der Waals surface area (Å²) < 4.78 is 0. The molecule has 1 rings (SSSR count).